The van der Waals surface area contributed by atoms with Crippen LogP contribution in [-0.4, -0.2) is 32.9 Å². The smallest absolute Gasteiger partial charge is 0.122 e. The molecule has 0 spiro atoms. The Morgan fingerprint density at radius 1 is 1.26 bits per heavy atom. The summed E-state index contributed by atoms with van der Waals surface area (Å²) in [6, 6.07) is 9.04. The van der Waals surface area contributed by atoms with Crippen molar-refractivity contribution in [2.24, 2.45) is 5.92 Å². The lowest BCUT2D eigenvalue weighted by Gasteiger charge is -2.31. The third-order valence-corrected chi connectivity index (χ3v) is 4.53. The number of benzene rings is 1. The van der Waals surface area contributed by atoms with Gasteiger partial charge in [-0.3, -0.25) is 0 Å². The summed E-state index contributed by atoms with van der Waals surface area (Å²) in [5.41, 5.74) is 1.38. The van der Waals surface area contributed by atoms with E-state index in [4.69, 9.17) is 9.47 Å². The summed E-state index contributed by atoms with van der Waals surface area (Å²) in [7, 11) is 2.08. The Balaban J connectivity index is 1.72. The van der Waals surface area contributed by atoms with E-state index in [1.54, 1.807) is 0 Å². The number of rotatable bonds is 4. The zero-order valence-corrected chi connectivity index (χ0v) is 11.6. The molecule has 0 amide bonds. The topological polar surface area (TPSA) is 30.5 Å². The summed E-state index contributed by atoms with van der Waals surface area (Å²) >= 11 is 0. The molecule has 2 aliphatic heterocycles. The summed E-state index contributed by atoms with van der Waals surface area (Å²) in [5, 5.41) is 3.50. The number of hydrogen-bond acceptors (Lipinski definition) is 3. The maximum atomic E-state index is 5.75. The first-order valence-corrected chi connectivity index (χ1v) is 7.35. The Kier molecular flexibility index (Phi) is 4.04. The summed E-state index contributed by atoms with van der Waals surface area (Å²) < 4.78 is 11.3. The first-order valence-electron chi connectivity index (χ1n) is 7.35. The number of para-hydroxylation sites is 1. The van der Waals surface area contributed by atoms with E-state index in [2.05, 4.69) is 36.6 Å². The van der Waals surface area contributed by atoms with E-state index in [0.717, 1.165) is 32.0 Å². The molecule has 0 saturated carbocycles. The summed E-state index contributed by atoms with van der Waals surface area (Å²) in [6.45, 7) is 2.68. The van der Waals surface area contributed by atoms with Gasteiger partial charge >= 0.3 is 0 Å². The molecule has 2 heterocycles. The van der Waals surface area contributed by atoms with Crippen molar-refractivity contribution in [2.45, 2.75) is 31.2 Å². The Hall–Kier alpha value is -1.06. The quantitative estimate of drug-likeness (QED) is 0.903. The van der Waals surface area contributed by atoms with Crippen LogP contribution in [-0.2, 0) is 4.74 Å². The van der Waals surface area contributed by atoms with Crippen LogP contribution in [0.2, 0.25) is 0 Å². The van der Waals surface area contributed by atoms with Gasteiger partial charge in [-0.25, -0.2) is 0 Å². The van der Waals surface area contributed by atoms with Gasteiger partial charge in [0.2, 0.25) is 0 Å². The largest absolute Gasteiger partial charge is 0.493 e. The average molecular weight is 261 g/mol. The fraction of sp³-hybridized carbons (Fsp3) is 0.625. The standard InChI is InChI=1S/C16H23NO2/c1-17-15(13-6-8-18-11-13)10-12-7-9-19-16-5-3-2-4-14(12)16/h2-5,12-13,15,17H,6-11H2,1H3. The molecule has 1 N–H and O–H groups in total. The molecular formula is C16H23NO2. The molecule has 3 heteroatoms. The van der Waals surface area contributed by atoms with Crippen molar-refractivity contribution >= 4 is 0 Å². The lowest BCUT2D eigenvalue weighted by molar-refractivity contribution is 0.172. The molecule has 1 aromatic carbocycles. The second-order valence-electron chi connectivity index (χ2n) is 5.63. The van der Waals surface area contributed by atoms with Gasteiger partial charge in [-0.1, -0.05) is 18.2 Å². The molecule has 2 aliphatic rings. The van der Waals surface area contributed by atoms with Gasteiger partial charge in [0, 0.05) is 12.6 Å². The first kappa shape index (κ1) is 12.9. The molecule has 0 bridgehead atoms. The maximum Gasteiger partial charge on any atom is 0.122 e. The Morgan fingerprint density at radius 2 is 2.16 bits per heavy atom. The molecule has 0 radical (unpaired) electrons. The molecule has 3 nitrogen and oxygen atoms in total. The highest BCUT2D eigenvalue weighted by Gasteiger charge is 2.29. The zero-order valence-electron chi connectivity index (χ0n) is 11.6. The first-order chi connectivity index (χ1) is 9.38. The van der Waals surface area contributed by atoms with Crippen LogP contribution in [0.25, 0.3) is 0 Å². The van der Waals surface area contributed by atoms with Crippen molar-refractivity contribution in [1.29, 1.82) is 0 Å². The van der Waals surface area contributed by atoms with Gasteiger partial charge in [0.05, 0.1) is 13.2 Å². The molecule has 1 fully saturated rings. The van der Waals surface area contributed by atoms with Gasteiger partial charge < -0.3 is 14.8 Å². The molecule has 0 aromatic heterocycles. The monoisotopic (exact) mass is 261 g/mol. The summed E-state index contributed by atoms with van der Waals surface area (Å²) in [4.78, 5) is 0. The van der Waals surface area contributed by atoms with Gasteiger partial charge in [0.15, 0.2) is 0 Å². The van der Waals surface area contributed by atoms with Crippen molar-refractivity contribution in [1.82, 2.24) is 5.32 Å². The highest BCUT2D eigenvalue weighted by atomic mass is 16.5. The van der Waals surface area contributed by atoms with Crippen LogP contribution < -0.4 is 10.1 Å². The highest BCUT2D eigenvalue weighted by Crippen LogP contribution is 2.37. The Labute approximate surface area is 115 Å². The van der Waals surface area contributed by atoms with Crippen LogP contribution in [0.15, 0.2) is 24.3 Å². The fourth-order valence-electron chi connectivity index (χ4n) is 3.38. The van der Waals surface area contributed by atoms with Gasteiger partial charge in [-0.15, -0.1) is 0 Å². The Morgan fingerprint density at radius 3 is 2.95 bits per heavy atom. The molecule has 19 heavy (non-hydrogen) atoms. The molecule has 1 aromatic rings. The van der Waals surface area contributed by atoms with Gasteiger partial charge in [-0.2, -0.15) is 0 Å². The van der Waals surface area contributed by atoms with Crippen molar-refractivity contribution in [2.75, 3.05) is 26.9 Å². The minimum atomic E-state index is 0.554. The van der Waals surface area contributed by atoms with Crippen LogP contribution in [0, 0.1) is 5.92 Å². The third kappa shape index (κ3) is 2.77. The van der Waals surface area contributed by atoms with Gasteiger partial charge in [0.25, 0.3) is 0 Å². The van der Waals surface area contributed by atoms with E-state index in [1.807, 2.05) is 0 Å². The van der Waals surface area contributed by atoms with Crippen molar-refractivity contribution in [3.05, 3.63) is 29.8 Å². The molecule has 0 aliphatic carbocycles. The van der Waals surface area contributed by atoms with E-state index < -0.39 is 0 Å². The summed E-state index contributed by atoms with van der Waals surface area (Å²) in [5.74, 6) is 2.36. The molecule has 1 saturated heterocycles. The van der Waals surface area contributed by atoms with Crippen LogP contribution in [0.3, 0.4) is 0 Å². The zero-order chi connectivity index (χ0) is 13.1. The molecular weight excluding hydrogens is 238 g/mol. The minimum absolute atomic E-state index is 0.554. The number of hydrogen-bond donors (Lipinski definition) is 1. The number of nitrogens with one attached hydrogen (secondary N) is 1. The van der Waals surface area contributed by atoms with E-state index in [-0.39, 0.29) is 0 Å². The normalized spacial score (nSPS) is 27.6. The lowest BCUT2D eigenvalue weighted by atomic mass is 9.83. The van der Waals surface area contributed by atoms with Crippen LogP contribution in [0.1, 0.15) is 30.7 Å². The lowest BCUT2D eigenvalue weighted by Crippen LogP contribution is -2.36. The van der Waals surface area contributed by atoms with Crippen molar-refractivity contribution in [3.63, 3.8) is 0 Å². The van der Waals surface area contributed by atoms with E-state index >= 15 is 0 Å². The fourth-order valence-corrected chi connectivity index (χ4v) is 3.38. The second-order valence-corrected chi connectivity index (χ2v) is 5.63. The molecule has 3 rings (SSSR count). The SMILES string of the molecule is CNC(CC1CCOc2ccccc21)C1CCOC1. The Bertz CT molecular complexity index is 415. The predicted octanol–water partition coefficient (Wildman–Crippen LogP) is 2.57. The van der Waals surface area contributed by atoms with E-state index in [9.17, 15) is 0 Å². The molecule has 3 atom stereocenters. The van der Waals surface area contributed by atoms with Crippen LogP contribution in [0.5, 0.6) is 5.75 Å². The number of ether oxygens (including phenoxy) is 2. The van der Waals surface area contributed by atoms with Crippen LogP contribution >= 0.6 is 0 Å². The van der Waals surface area contributed by atoms with Crippen molar-refractivity contribution < 1.29 is 9.47 Å². The predicted molar refractivity (Wildman–Crippen MR) is 75.7 cm³/mol. The van der Waals surface area contributed by atoms with Gasteiger partial charge in [-0.05, 0) is 49.8 Å². The van der Waals surface area contributed by atoms with Crippen molar-refractivity contribution in [3.8, 4) is 5.75 Å². The number of fused-ring (bicyclic) bond motifs is 1. The minimum Gasteiger partial charge on any atom is -0.493 e. The van der Waals surface area contributed by atoms with Crippen LogP contribution in [0.4, 0.5) is 0 Å². The second kappa shape index (κ2) is 5.93. The van der Waals surface area contributed by atoms with Gasteiger partial charge in [0.1, 0.15) is 5.75 Å². The van der Waals surface area contributed by atoms with E-state index in [1.165, 1.54) is 18.4 Å². The average Bonchev–Trinajstić information content (AvgIpc) is 2.99. The highest BCUT2D eigenvalue weighted by molar-refractivity contribution is 5.37. The summed E-state index contributed by atoms with van der Waals surface area (Å²) in [6.07, 6.45) is 3.50. The van der Waals surface area contributed by atoms with E-state index in [0.29, 0.717) is 17.9 Å². The molecule has 3 unspecified atom stereocenters. The molecule has 104 valence electrons. The third-order valence-electron chi connectivity index (χ3n) is 4.53. The maximum absolute atomic E-state index is 5.75.